The van der Waals surface area contributed by atoms with E-state index in [0.717, 1.165) is 5.56 Å². The summed E-state index contributed by atoms with van der Waals surface area (Å²) >= 11 is 12.5. The molecule has 4 nitrogen and oxygen atoms in total. The molecule has 0 spiro atoms. The highest BCUT2D eigenvalue weighted by atomic mass is 35.5. The fourth-order valence-electron chi connectivity index (χ4n) is 2.95. The van der Waals surface area contributed by atoms with Gasteiger partial charge in [-0.1, -0.05) is 17.7 Å². The molecule has 0 bridgehead atoms. The summed E-state index contributed by atoms with van der Waals surface area (Å²) in [7, 11) is 1.58. The third-order valence-corrected chi connectivity index (χ3v) is 4.79. The number of aliphatic hydroxyl groups is 1. The molecule has 0 saturated heterocycles. The number of aromatic nitrogens is 2. The average Bonchev–Trinajstić information content (AvgIpc) is 2.88. The van der Waals surface area contributed by atoms with Crippen molar-refractivity contribution >= 4 is 23.2 Å². The molecule has 26 heavy (non-hydrogen) atoms. The van der Waals surface area contributed by atoms with Gasteiger partial charge in [-0.2, -0.15) is 0 Å². The van der Waals surface area contributed by atoms with Crippen molar-refractivity contribution in [3.63, 3.8) is 0 Å². The smallest absolute Gasteiger partial charge is 0.207 e. The largest absolute Gasteiger partial charge is 0.497 e. The Morgan fingerprint density at radius 1 is 1.15 bits per heavy atom. The first kappa shape index (κ1) is 18.7. The van der Waals surface area contributed by atoms with Gasteiger partial charge in [-0.25, -0.2) is 9.37 Å². The summed E-state index contributed by atoms with van der Waals surface area (Å²) in [6, 6.07) is 9.37. The van der Waals surface area contributed by atoms with Crippen molar-refractivity contribution in [3.05, 3.63) is 75.0 Å². The minimum absolute atomic E-state index is 0.135. The highest BCUT2D eigenvalue weighted by Gasteiger charge is 2.25. The number of benzene rings is 2. The van der Waals surface area contributed by atoms with Crippen molar-refractivity contribution in [1.29, 1.82) is 0 Å². The van der Waals surface area contributed by atoms with Crippen LogP contribution < -0.4 is 4.74 Å². The molecule has 136 valence electrons. The van der Waals surface area contributed by atoms with Gasteiger partial charge in [-0.15, -0.1) is 0 Å². The van der Waals surface area contributed by atoms with Gasteiger partial charge in [0.25, 0.3) is 0 Å². The molecule has 0 aliphatic carbocycles. The third kappa shape index (κ3) is 3.30. The maximum Gasteiger partial charge on any atom is 0.207 e. The van der Waals surface area contributed by atoms with Crippen LogP contribution in [0, 0.1) is 19.7 Å². The van der Waals surface area contributed by atoms with E-state index in [1.165, 1.54) is 22.8 Å². The molecular weight excluding hydrogens is 378 g/mol. The number of aryl methyl sites for hydroxylation is 2. The van der Waals surface area contributed by atoms with Crippen molar-refractivity contribution in [2.45, 2.75) is 20.0 Å². The Labute approximate surface area is 160 Å². The Kier molecular flexibility index (Phi) is 5.23. The lowest BCUT2D eigenvalue weighted by molar-refractivity contribution is 0.211. The molecule has 1 unspecified atom stereocenters. The molecule has 0 aliphatic rings. The second-order valence-corrected chi connectivity index (χ2v) is 6.65. The van der Waals surface area contributed by atoms with Crippen LogP contribution in [0.3, 0.4) is 0 Å². The Hall–Kier alpha value is -2.08. The standard InChI is InChI=1S/C19H17Cl2FN2O2/c1-10-8-13(26-3)5-6-14(10)18(25)17-11(2)23-19(21)24(17)16-7-4-12(22)9-15(16)20/h4-9,18,25H,1-3H3. The monoisotopic (exact) mass is 394 g/mol. The van der Waals surface area contributed by atoms with E-state index < -0.39 is 11.9 Å². The SMILES string of the molecule is COc1ccc(C(O)c2c(C)nc(Cl)n2-c2ccc(F)cc2Cl)c(C)c1. The normalized spacial score (nSPS) is 12.3. The lowest BCUT2D eigenvalue weighted by atomic mass is 9.99. The van der Waals surface area contributed by atoms with Gasteiger partial charge in [-0.05, 0) is 66.9 Å². The Morgan fingerprint density at radius 3 is 2.50 bits per heavy atom. The number of rotatable bonds is 4. The van der Waals surface area contributed by atoms with Crippen LogP contribution in [0.1, 0.15) is 28.6 Å². The summed E-state index contributed by atoms with van der Waals surface area (Å²) in [6.07, 6.45) is -0.998. The molecule has 1 atom stereocenters. The number of halogens is 3. The van der Waals surface area contributed by atoms with Crippen LogP contribution in [0.2, 0.25) is 10.3 Å². The molecule has 7 heteroatoms. The quantitative estimate of drug-likeness (QED) is 0.675. The zero-order chi connectivity index (χ0) is 19.0. The number of ether oxygens (including phenoxy) is 1. The van der Waals surface area contributed by atoms with Crippen LogP contribution in [0.25, 0.3) is 5.69 Å². The Bertz CT molecular complexity index is 972. The zero-order valence-electron chi connectivity index (χ0n) is 14.4. The summed E-state index contributed by atoms with van der Waals surface area (Å²) in [5.41, 5.74) is 3.00. The Morgan fingerprint density at radius 2 is 1.88 bits per heavy atom. The van der Waals surface area contributed by atoms with E-state index in [1.807, 2.05) is 13.0 Å². The van der Waals surface area contributed by atoms with Crippen molar-refractivity contribution in [1.82, 2.24) is 9.55 Å². The number of aliphatic hydroxyl groups excluding tert-OH is 1. The van der Waals surface area contributed by atoms with Gasteiger partial charge >= 0.3 is 0 Å². The number of nitrogens with zero attached hydrogens (tertiary/aromatic N) is 2. The van der Waals surface area contributed by atoms with Gasteiger partial charge in [0.05, 0.1) is 29.2 Å². The van der Waals surface area contributed by atoms with E-state index in [0.29, 0.717) is 28.4 Å². The lowest BCUT2D eigenvalue weighted by Gasteiger charge is -2.19. The first-order chi connectivity index (χ1) is 12.3. The summed E-state index contributed by atoms with van der Waals surface area (Å²) < 4.78 is 20.2. The van der Waals surface area contributed by atoms with Crippen LogP contribution in [-0.4, -0.2) is 21.8 Å². The summed E-state index contributed by atoms with van der Waals surface area (Å²) in [5, 5.41) is 11.3. The summed E-state index contributed by atoms with van der Waals surface area (Å²) in [5.74, 6) is 0.239. The number of imidazole rings is 1. The molecule has 0 amide bonds. The van der Waals surface area contributed by atoms with Gasteiger partial charge in [-0.3, -0.25) is 4.57 Å². The fraction of sp³-hybridized carbons (Fsp3) is 0.211. The number of methoxy groups -OCH3 is 1. The average molecular weight is 395 g/mol. The summed E-state index contributed by atoms with van der Waals surface area (Å²) in [4.78, 5) is 4.25. The van der Waals surface area contributed by atoms with Gasteiger partial charge < -0.3 is 9.84 Å². The second-order valence-electron chi connectivity index (χ2n) is 5.91. The van der Waals surface area contributed by atoms with Crippen LogP contribution in [0.5, 0.6) is 5.75 Å². The molecule has 1 N–H and O–H groups in total. The van der Waals surface area contributed by atoms with Crippen LogP contribution in [0.15, 0.2) is 36.4 Å². The van der Waals surface area contributed by atoms with E-state index in [1.54, 1.807) is 26.2 Å². The zero-order valence-corrected chi connectivity index (χ0v) is 15.9. The van der Waals surface area contributed by atoms with Crippen LogP contribution >= 0.6 is 23.2 Å². The lowest BCUT2D eigenvalue weighted by Crippen LogP contribution is -2.10. The molecule has 0 radical (unpaired) electrons. The molecule has 0 saturated carbocycles. The summed E-state index contributed by atoms with van der Waals surface area (Å²) in [6.45, 7) is 3.63. The molecule has 1 heterocycles. The molecule has 3 aromatic rings. The van der Waals surface area contributed by atoms with Crippen LogP contribution in [-0.2, 0) is 0 Å². The van der Waals surface area contributed by atoms with Gasteiger partial charge in [0.2, 0.25) is 5.28 Å². The van der Waals surface area contributed by atoms with E-state index in [4.69, 9.17) is 27.9 Å². The van der Waals surface area contributed by atoms with Gasteiger partial charge in [0, 0.05) is 0 Å². The highest BCUT2D eigenvalue weighted by Crippen LogP contribution is 2.35. The van der Waals surface area contributed by atoms with Crippen LogP contribution in [0.4, 0.5) is 4.39 Å². The maximum absolute atomic E-state index is 13.4. The Balaban J connectivity index is 2.17. The molecule has 3 rings (SSSR count). The van der Waals surface area contributed by atoms with Gasteiger partial charge in [0.15, 0.2) is 0 Å². The molecule has 0 fully saturated rings. The first-order valence-corrected chi connectivity index (χ1v) is 8.61. The second kappa shape index (κ2) is 7.27. The first-order valence-electron chi connectivity index (χ1n) is 7.86. The maximum atomic E-state index is 13.4. The molecule has 0 aliphatic heterocycles. The van der Waals surface area contributed by atoms with Crippen molar-refractivity contribution in [2.24, 2.45) is 0 Å². The predicted molar refractivity (Wildman–Crippen MR) is 100 cm³/mol. The van der Waals surface area contributed by atoms with Crippen molar-refractivity contribution < 1.29 is 14.2 Å². The fourth-order valence-corrected chi connectivity index (χ4v) is 3.51. The van der Waals surface area contributed by atoms with Crippen molar-refractivity contribution in [2.75, 3.05) is 7.11 Å². The van der Waals surface area contributed by atoms with E-state index >= 15 is 0 Å². The highest BCUT2D eigenvalue weighted by molar-refractivity contribution is 6.33. The van der Waals surface area contributed by atoms with E-state index in [9.17, 15) is 9.50 Å². The topological polar surface area (TPSA) is 47.3 Å². The minimum atomic E-state index is -0.998. The minimum Gasteiger partial charge on any atom is -0.497 e. The van der Waals surface area contributed by atoms with Crippen molar-refractivity contribution in [3.8, 4) is 11.4 Å². The molecule has 1 aromatic heterocycles. The number of hydrogen-bond acceptors (Lipinski definition) is 3. The van der Waals surface area contributed by atoms with E-state index in [-0.39, 0.29) is 10.3 Å². The molecular formula is C19H17Cl2FN2O2. The van der Waals surface area contributed by atoms with Gasteiger partial charge in [0.1, 0.15) is 17.7 Å². The predicted octanol–water partition coefficient (Wildman–Crippen LogP) is 5.03. The molecule has 2 aromatic carbocycles. The third-order valence-electron chi connectivity index (χ3n) is 4.24. The number of hydrogen-bond donors (Lipinski definition) is 1. The van der Waals surface area contributed by atoms with E-state index in [2.05, 4.69) is 4.98 Å².